The molecule has 3 nitrogen and oxygen atoms in total. The van der Waals surface area contributed by atoms with Gasteiger partial charge in [-0.15, -0.1) is 0 Å². The van der Waals surface area contributed by atoms with Gasteiger partial charge in [-0.25, -0.2) is 9.87 Å². The van der Waals surface area contributed by atoms with Gasteiger partial charge < -0.3 is 10.1 Å². The van der Waals surface area contributed by atoms with Crippen LogP contribution in [0.4, 0.5) is 10.1 Å². The van der Waals surface area contributed by atoms with Gasteiger partial charge in [0.25, 0.3) is 0 Å². The van der Waals surface area contributed by atoms with Crippen molar-refractivity contribution in [2.45, 2.75) is 19.4 Å². The second-order valence-electron chi connectivity index (χ2n) is 3.80. The highest BCUT2D eigenvalue weighted by atomic mass is 19.1. The lowest BCUT2D eigenvalue weighted by Gasteiger charge is -2.21. The minimum atomic E-state index is -0.261. The molecule has 4 heteroatoms. The Bertz CT molecular complexity index is 337. The molecular formula is C11H15FN2O. The van der Waals surface area contributed by atoms with Gasteiger partial charge in [-0.3, -0.25) is 0 Å². The van der Waals surface area contributed by atoms with E-state index in [0.717, 1.165) is 24.3 Å². The molecule has 2 rings (SSSR count). The third kappa shape index (κ3) is 2.27. The number of nitrogens with one attached hydrogen (secondary N) is 1. The third-order valence-electron chi connectivity index (χ3n) is 2.76. The van der Waals surface area contributed by atoms with Crippen LogP contribution in [0, 0.1) is 5.82 Å². The summed E-state index contributed by atoms with van der Waals surface area (Å²) in [6, 6.07) is 4.72. The molecule has 1 heterocycles. The average molecular weight is 210 g/mol. The minimum absolute atomic E-state index is 0.261. The van der Waals surface area contributed by atoms with Gasteiger partial charge in [0, 0.05) is 25.3 Å². The molecule has 0 aromatic heterocycles. The number of hydrogen-bond acceptors (Lipinski definition) is 3. The van der Waals surface area contributed by atoms with Crippen LogP contribution in [0.1, 0.15) is 18.4 Å². The number of rotatable bonds is 3. The normalized spacial score (nSPS) is 16.0. The first-order chi connectivity index (χ1) is 7.31. The molecule has 1 aromatic rings. The standard InChI is InChI=1S/C11H15FN2O/c12-10-3-4-11(9(7-10)8-13-15)14-5-1-2-6-14/h3-4,7,13,15H,1-2,5-6,8H2. The van der Waals surface area contributed by atoms with Crippen LogP contribution in [0.3, 0.4) is 0 Å². The Balaban J connectivity index is 2.27. The summed E-state index contributed by atoms with van der Waals surface area (Å²) >= 11 is 0. The molecule has 0 spiro atoms. The van der Waals surface area contributed by atoms with Gasteiger partial charge in [0.15, 0.2) is 0 Å². The fraction of sp³-hybridized carbons (Fsp3) is 0.455. The fourth-order valence-corrected chi connectivity index (χ4v) is 2.05. The second-order valence-corrected chi connectivity index (χ2v) is 3.80. The zero-order valence-corrected chi connectivity index (χ0v) is 8.54. The molecule has 0 radical (unpaired) electrons. The molecule has 1 aromatic carbocycles. The topological polar surface area (TPSA) is 35.5 Å². The molecule has 82 valence electrons. The molecule has 0 saturated carbocycles. The number of benzene rings is 1. The predicted octanol–water partition coefficient (Wildman–Crippen LogP) is 1.90. The minimum Gasteiger partial charge on any atom is -0.371 e. The van der Waals surface area contributed by atoms with E-state index in [9.17, 15) is 4.39 Å². The maximum Gasteiger partial charge on any atom is 0.123 e. The smallest absolute Gasteiger partial charge is 0.123 e. The third-order valence-corrected chi connectivity index (χ3v) is 2.76. The number of hydrogen-bond donors (Lipinski definition) is 2. The molecule has 0 unspecified atom stereocenters. The first-order valence-electron chi connectivity index (χ1n) is 5.21. The van der Waals surface area contributed by atoms with Gasteiger partial charge in [0.05, 0.1) is 0 Å². The molecule has 1 saturated heterocycles. The van der Waals surface area contributed by atoms with Crippen molar-refractivity contribution in [3.8, 4) is 0 Å². The number of halogens is 1. The van der Waals surface area contributed by atoms with E-state index >= 15 is 0 Å². The van der Waals surface area contributed by atoms with Crippen molar-refractivity contribution in [1.82, 2.24) is 5.48 Å². The molecule has 15 heavy (non-hydrogen) atoms. The molecule has 1 aliphatic heterocycles. The van der Waals surface area contributed by atoms with Crippen molar-refractivity contribution < 1.29 is 9.60 Å². The number of anilines is 1. The summed E-state index contributed by atoms with van der Waals surface area (Å²) in [5.74, 6) is -0.261. The molecule has 0 aliphatic carbocycles. The monoisotopic (exact) mass is 210 g/mol. The number of nitrogens with zero attached hydrogens (tertiary/aromatic N) is 1. The van der Waals surface area contributed by atoms with Crippen LogP contribution in [0.15, 0.2) is 18.2 Å². The van der Waals surface area contributed by atoms with Gasteiger partial charge in [0.2, 0.25) is 0 Å². The fourth-order valence-electron chi connectivity index (χ4n) is 2.05. The van der Waals surface area contributed by atoms with Gasteiger partial charge in [0.1, 0.15) is 5.82 Å². The zero-order valence-electron chi connectivity index (χ0n) is 8.54. The summed E-state index contributed by atoms with van der Waals surface area (Å²) < 4.78 is 13.0. The largest absolute Gasteiger partial charge is 0.371 e. The van der Waals surface area contributed by atoms with E-state index in [4.69, 9.17) is 5.21 Å². The quantitative estimate of drug-likeness (QED) is 0.748. The van der Waals surface area contributed by atoms with Gasteiger partial charge in [-0.1, -0.05) is 0 Å². The van der Waals surface area contributed by atoms with E-state index in [1.165, 1.54) is 25.0 Å². The first-order valence-corrected chi connectivity index (χ1v) is 5.21. The summed E-state index contributed by atoms with van der Waals surface area (Å²) in [4.78, 5) is 2.23. The molecule has 0 amide bonds. The van der Waals surface area contributed by atoms with Crippen molar-refractivity contribution in [2.75, 3.05) is 18.0 Å². The van der Waals surface area contributed by atoms with Crippen LogP contribution in [0.2, 0.25) is 0 Å². The lowest BCUT2D eigenvalue weighted by atomic mass is 10.1. The highest BCUT2D eigenvalue weighted by Crippen LogP contribution is 2.25. The Hall–Kier alpha value is -1.13. The Kier molecular flexibility index (Phi) is 3.18. The maximum absolute atomic E-state index is 13.0. The summed E-state index contributed by atoms with van der Waals surface area (Å²) in [5, 5.41) is 8.69. The Morgan fingerprint density at radius 2 is 2.07 bits per heavy atom. The molecule has 2 N–H and O–H groups in total. The van der Waals surface area contributed by atoms with Gasteiger partial charge >= 0.3 is 0 Å². The molecule has 0 bridgehead atoms. The lowest BCUT2D eigenvalue weighted by molar-refractivity contribution is 0.161. The van der Waals surface area contributed by atoms with Crippen LogP contribution in [-0.2, 0) is 6.54 Å². The highest BCUT2D eigenvalue weighted by molar-refractivity contribution is 5.54. The van der Waals surface area contributed by atoms with Gasteiger partial charge in [-0.2, -0.15) is 0 Å². The molecular weight excluding hydrogens is 195 g/mol. The van der Waals surface area contributed by atoms with E-state index in [0.29, 0.717) is 0 Å². The predicted molar refractivity (Wildman–Crippen MR) is 56.5 cm³/mol. The van der Waals surface area contributed by atoms with Crippen LogP contribution < -0.4 is 10.4 Å². The van der Waals surface area contributed by atoms with E-state index in [1.807, 2.05) is 0 Å². The van der Waals surface area contributed by atoms with Crippen molar-refractivity contribution >= 4 is 5.69 Å². The van der Waals surface area contributed by atoms with Crippen LogP contribution in [-0.4, -0.2) is 18.3 Å². The second kappa shape index (κ2) is 4.59. The first kappa shape index (κ1) is 10.4. The summed E-state index contributed by atoms with van der Waals surface area (Å²) in [6.07, 6.45) is 2.37. The molecule has 0 atom stereocenters. The van der Waals surface area contributed by atoms with E-state index in [2.05, 4.69) is 10.4 Å². The van der Waals surface area contributed by atoms with Crippen LogP contribution in [0.25, 0.3) is 0 Å². The SMILES string of the molecule is ONCc1cc(F)ccc1N1CCCC1. The van der Waals surface area contributed by atoms with Crippen LogP contribution >= 0.6 is 0 Å². The van der Waals surface area contributed by atoms with Crippen LogP contribution in [0.5, 0.6) is 0 Å². The van der Waals surface area contributed by atoms with Crippen molar-refractivity contribution in [2.24, 2.45) is 0 Å². The van der Waals surface area contributed by atoms with Crippen molar-refractivity contribution in [3.63, 3.8) is 0 Å². The zero-order chi connectivity index (χ0) is 10.7. The Morgan fingerprint density at radius 1 is 1.33 bits per heavy atom. The number of hydroxylamine groups is 1. The maximum atomic E-state index is 13.0. The Labute approximate surface area is 88.5 Å². The average Bonchev–Trinajstić information content (AvgIpc) is 2.71. The van der Waals surface area contributed by atoms with E-state index < -0.39 is 0 Å². The summed E-state index contributed by atoms with van der Waals surface area (Å²) in [7, 11) is 0. The van der Waals surface area contributed by atoms with Crippen molar-refractivity contribution in [1.29, 1.82) is 0 Å². The van der Waals surface area contributed by atoms with E-state index in [1.54, 1.807) is 6.07 Å². The lowest BCUT2D eigenvalue weighted by Crippen LogP contribution is -2.21. The van der Waals surface area contributed by atoms with E-state index in [-0.39, 0.29) is 12.4 Å². The molecule has 1 fully saturated rings. The van der Waals surface area contributed by atoms with Crippen molar-refractivity contribution in [3.05, 3.63) is 29.6 Å². The van der Waals surface area contributed by atoms with Gasteiger partial charge in [-0.05, 0) is 36.6 Å². The Morgan fingerprint density at radius 3 is 2.73 bits per heavy atom. The molecule has 1 aliphatic rings. The highest BCUT2D eigenvalue weighted by Gasteiger charge is 2.15. The summed E-state index contributed by atoms with van der Waals surface area (Å²) in [6.45, 7) is 2.32. The summed E-state index contributed by atoms with van der Waals surface area (Å²) in [5.41, 5.74) is 3.91.